The predicted molar refractivity (Wildman–Crippen MR) is 66.3 cm³/mol. The molecular formula is C13H12F3NS. The lowest BCUT2D eigenvalue weighted by molar-refractivity contribution is 0.435. The molecule has 1 aromatic heterocycles. The molecule has 0 radical (unpaired) electrons. The lowest BCUT2D eigenvalue weighted by Gasteiger charge is -2.17. The van der Waals surface area contributed by atoms with Crippen molar-refractivity contribution in [2.24, 2.45) is 0 Å². The van der Waals surface area contributed by atoms with Crippen molar-refractivity contribution in [3.63, 3.8) is 0 Å². The fraction of sp³-hybridized carbons (Fsp3) is 0.231. The molecule has 1 unspecified atom stereocenters. The average molecular weight is 271 g/mol. The third kappa shape index (κ3) is 2.15. The second-order valence-electron chi connectivity index (χ2n) is 3.95. The van der Waals surface area contributed by atoms with E-state index in [0.29, 0.717) is 0 Å². The van der Waals surface area contributed by atoms with Gasteiger partial charge < -0.3 is 5.32 Å². The van der Waals surface area contributed by atoms with Gasteiger partial charge in [0.2, 0.25) is 0 Å². The molecule has 1 nitrogen and oxygen atoms in total. The highest BCUT2D eigenvalue weighted by atomic mass is 32.1. The number of hydrogen-bond donors (Lipinski definition) is 1. The zero-order chi connectivity index (χ0) is 13.3. The Labute approximate surface area is 107 Å². The summed E-state index contributed by atoms with van der Waals surface area (Å²) in [6, 6.07) is 3.65. The normalized spacial score (nSPS) is 12.7. The van der Waals surface area contributed by atoms with Gasteiger partial charge in [-0.15, -0.1) is 11.3 Å². The minimum Gasteiger partial charge on any atom is -0.309 e. The van der Waals surface area contributed by atoms with Crippen LogP contribution in [0.3, 0.4) is 0 Å². The van der Waals surface area contributed by atoms with E-state index < -0.39 is 23.5 Å². The van der Waals surface area contributed by atoms with Crippen molar-refractivity contribution in [3.05, 3.63) is 57.0 Å². The van der Waals surface area contributed by atoms with E-state index in [-0.39, 0.29) is 5.56 Å². The summed E-state index contributed by atoms with van der Waals surface area (Å²) in [7, 11) is 1.66. The first-order valence-corrected chi connectivity index (χ1v) is 6.29. The Balaban J connectivity index is 2.53. The van der Waals surface area contributed by atoms with Gasteiger partial charge in [-0.2, -0.15) is 0 Å². The van der Waals surface area contributed by atoms with Crippen molar-refractivity contribution < 1.29 is 13.2 Å². The second kappa shape index (κ2) is 5.12. The van der Waals surface area contributed by atoms with Gasteiger partial charge in [-0.3, -0.25) is 0 Å². The van der Waals surface area contributed by atoms with Gasteiger partial charge in [0.1, 0.15) is 0 Å². The molecule has 0 amide bonds. The summed E-state index contributed by atoms with van der Waals surface area (Å²) in [4.78, 5) is 0.891. The van der Waals surface area contributed by atoms with Crippen molar-refractivity contribution in [2.75, 3.05) is 7.05 Å². The smallest absolute Gasteiger partial charge is 0.194 e. The van der Waals surface area contributed by atoms with Crippen LogP contribution >= 0.6 is 11.3 Å². The van der Waals surface area contributed by atoms with Crippen LogP contribution in [0.25, 0.3) is 0 Å². The minimum absolute atomic E-state index is 0.113. The fourth-order valence-electron chi connectivity index (χ4n) is 1.87. The topological polar surface area (TPSA) is 12.0 Å². The Hall–Kier alpha value is -1.33. The van der Waals surface area contributed by atoms with Gasteiger partial charge in [0, 0.05) is 10.4 Å². The van der Waals surface area contributed by atoms with Crippen LogP contribution in [-0.4, -0.2) is 7.05 Å². The molecule has 1 N–H and O–H groups in total. The molecule has 0 aliphatic heterocycles. The third-order valence-corrected chi connectivity index (χ3v) is 3.91. The van der Waals surface area contributed by atoms with E-state index in [1.54, 1.807) is 7.05 Å². The summed E-state index contributed by atoms with van der Waals surface area (Å²) in [5, 5.41) is 4.81. The van der Waals surface area contributed by atoms with Crippen molar-refractivity contribution >= 4 is 11.3 Å². The molecule has 2 aromatic rings. The molecule has 1 heterocycles. The molecule has 0 saturated carbocycles. The highest BCUT2D eigenvalue weighted by molar-refractivity contribution is 7.10. The van der Waals surface area contributed by atoms with E-state index in [1.807, 2.05) is 18.4 Å². The largest absolute Gasteiger partial charge is 0.309 e. The molecule has 0 bridgehead atoms. The number of hydrogen-bond acceptors (Lipinski definition) is 2. The number of benzene rings is 1. The molecule has 0 aliphatic rings. The highest BCUT2D eigenvalue weighted by Gasteiger charge is 2.22. The van der Waals surface area contributed by atoms with Crippen molar-refractivity contribution in [1.82, 2.24) is 5.32 Å². The van der Waals surface area contributed by atoms with Gasteiger partial charge in [-0.1, -0.05) is 6.07 Å². The van der Waals surface area contributed by atoms with Gasteiger partial charge in [0.15, 0.2) is 17.5 Å². The molecular weight excluding hydrogens is 259 g/mol. The number of halogens is 3. The quantitative estimate of drug-likeness (QED) is 0.838. The lowest BCUT2D eigenvalue weighted by atomic mass is 10.0. The van der Waals surface area contributed by atoms with Crippen LogP contribution in [0.4, 0.5) is 13.2 Å². The van der Waals surface area contributed by atoms with Crippen LogP contribution in [0.2, 0.25) is 0 Å². The summed E-state index contributed by atoms with van der Waals surface area (Å²) in [6.07, 6.45) is 0. The Morgan fingerprint density at radius 3 is 2.39 bits per heavy atom. The summed E-state index contributed by atoms with van der Waals surface area (Å²) >= 11 is 1.45. The van der Waals surface area contributed by atoms with Crippen molar-refractivity contribution in [3.8, 4) is 0 Å². The fourth-order valence-corrected chi connectivity index (χ4v) is 2.93. The van der Waals surface area contributed by atoms with Crippen LogP contribution in [-0.2, 0) is 0 Å². The lowest BCUT2D eigenvalue weighted by Crippen LogP contribution is -2.19. The second-order valence-corrected chi connectivity index (χ2v) is 4.90. The van der Waals surface area contributed by atoms with E-state index in [9.17, 15) is 13.2 Å². The number of aryl methyl sites for hydroxylation is 1. The monoisotopic (exact) mass is 271 g/mol. The van der Waals surface area contributed by atoms with E-state index in [1.165, 1.54) is 17.4 Å². The summed E-state index contributed by atoms with van der Waals surface area (Å²) in [6.45, 7) is 1.90. The first-order chi connectivity index (χ1) is 8.56. The molecule has 0 spiro atoms. The number of thiophene rings is 1. The first kappa shape index (κ1) is 13.1. The van der Waals surface area contributed by atoms with Crippen molar-refractivity contribution in [2.45, 2.75) is 13.0 Å². The standard InChI is InChI=1S/C13H12F3NS/c1-7-5-6-18-13(7)12(17-2)8-3-4-9(14)11(16)10(8)15/h3-6,12,17H,1-2H3. The Morgan fingerprint density at radius 1 is 1.11 bits per heavy atom. The van der Waals surface area contributed by atoms with Crippen LogP contribution in [0, 0.1) is 24.4 Å². The van der Waals surface area contributed by atoms with Crippen molar-refractivity contribution in [1.29, 1.82) is 0 Å². The zero-order valence-corrected chi connectivity index (χ0v) is 10.7. The predicted octanol–water partition coefficient (Wildman–Crippen LogP) is 3.78. The highest BCUT2D eigenvalue weighted by Crippen LogP contribution is 2.31. The van der Waals surface area contributed by atoms with E-state index in [2.05, 4.69) is 5.32 Å². The summed E-state index contributed by atoms with van der Waals surface area (Å²) in [5.41, 5.74) is 1.10. The van der Waals surface area contributed by atoms with Gasteiger partial charge in [-0.25, -0.2) is 13.2 Å². The molecule has 2 rings (SSSR count). The minimum atomic E-state index is -1.43. The molecule has 0 saturated heterocycles. The molecule has 0 fully saturated rings. The van der Waals surface area contributed by atoms with Crippen LogP contribution in [0.5, 0.6) is 0 Å². The Morgan fingerprint density at radius 2 is 1.83 bits per heavy atom. The SMILES string of the molecule is CNC(c1ccc(F)c(F)c1F)c1sccc1C. The number of nitrogens with one attached hydrogen (secondary N) is 1. The maximum Gasteiger partial charge on any atom is 0.194 e. The van der Waals surface area contributed by atoms with E-state index in [0.717, 1.165) is 16.5 Å². The molecule has 96 valence electrons. The molecule has 1 atom stereocenters. The summed E-state index contributed by atoms with van der Waals surface area (Å²) < 4.78 is 39.9. The zero-order valence-electron chi connectivity index (χ0n) is 9.93. The molecule has 5 heteroatoms. The van der Waals surface area contributed by atoms with Gasteiger partial charge in [0.25, 0.3) is 0 Å². The van der Waals surface area contributed by atoms with E-state index >= 15 is 0 Å². The van der Waals surface area contributed by atoms with Crippen LogP contribution < -0.4 is 5.32 Å². The molecule has 0 aliphatic carbocycles. The maximum atomic E-state index is 13.8. The first-order valence-electron chi connectivity index (χ1n) is 5.41. The van der Waals surface area contributed by atoms with Gasteiger partial charge >= 0.3 is 0 Å². The van der Waals surface area contributed by atoms with E-state index in [4.69, 9.17) is 0 Å². The Bertz CT molecular complexity index is 565. The molecule has 1 aromatic carbocycles. The summed E-state index contributed by atoms with van der Waals surface area (Å²) in [5.74, 6) is -3.74. The van der Waals surface area contributed by atoms with Gasteiger partial charge in [-0.05, 0) is 37.0 Å². The van der Waals surface area contributed by atoms with Crippen LogP contribution in [0.1, 0.15) is 22.0 Å². The average Bonchev–Trinajstić information content (AvgIpc) is 2.77. The maximum absolute atomic E-state index is 13.8. The molecule has 18 heavy (non-hydrogen) atoms. The van der Waals surface area contributed by atoms with Gasteiger partial charge in [0.05, 0.1) is 6.04 Å². The van der Waals surface area contributed by atoms with Crippen LogP contribution in [0.15, 0.2) is 23.6 Å². The Kier molecular flexibility index (Phi) is 3.73. The number of rotatable bonds is 3. The third-order valence-electron chi connectivity index (χ3n) is 2.83.